The van der Waals surface area contributed by atoms with Crippen LogP contribution in [-0.2, 0) is 12.0 Å². The van der Waals surface area contributed by atoms with Crippen LogP contribution in [-0.4, -0.2) is 9.38 Å². The number of nitrogens with zero attached hydrogens (tertiary/aromatic N) is 2. The van der Waals surface area contributed by atoms with Gasteiger partial charge in [0.05, 0.1) is 11.4 Å². The Labute approximate surface area is 100 Å². The molecule has 0 spiro atoms. The average Bonchev–Trinajstić information content (AvgIpc) is 2.54. The van der Waals surface area contributed by atoms with Gasteiger partial charge in [-0.1, -0.05) is 32.4 Å². The highest BCUT2D eigenvalue weighted by Gasteiger charge is 2.22. The molecule has 0 amide bonds. The minimum atomic E-state index is -0.00675. The third kappa shape index (κ3) is 1.81. The van der Waals surface area contributed by atoms with E-state index in [1.165, 1.54) is 0 Å². The van der Waals surface area contributed by atoms with Gasteiger partial charge in [-0.2, -0.15) is 0 Å². The molecule has 16 heavy (non-hydrogen) atoms. The van der Waals surface area contributed by atoms with Crippen molar-refractivity contribution in [1.29, 1.82) is 0 Å². The van der Waals surface area contributed by atoms with Gasteiger partial charge in [-0.3, -0.25) is 0 Å². The van der Waals surface area contributed by atoms with Crippen LogP contribution in [0.25, 0.3) is 5.65 Å². The van der Waals surface area contributed by atoms with Crippen LogP contribution in [0, 0.1) is 0 Å². The topological polar surface area (TPSA) is 43.3 Å². The maximum atomic E-state index is 5.95. The Balaban J connectivity index is 2.76. The molecule has 2 heterocycles. The van der Waals surface area contributed by atoms with Gasteiger partial charge in [0.1, 0.15) is 5.65 Å². The van der Waals surface area contributed by atoms with Gasteiger partial charge in [0, 0.05) is 29.2 Å². The van der Waals surface area contributed by atoms with Crippen molar-refractivity contribution in [2.24, 2.45) is 5.73 Å². The quantitative estimate of drug-likeness (QED) is 0.829. The van der Waals surface area contributed by atoms with E-state index in [4.69, 9.17) is 17.3 Å². The number of pyridine rings is 1. The fourth-order valence-electron chi connectivity index (χ4n) is 1.87. The third-order valence-corrected chi connectivity index (χ3v) is 2.83. The Morgan fingerprint density at radius 1 is 1.44 bits per heavy atom. The van der Waals surface area contributed by atoms with Crippen LogP contribution in [0.2, 0.25) is 5.02 Å². The second-order valence-corrected chi connectivity index (χ2v) is 5.37. The summed E-state index contributed by atoms with van der Waals surface area (Å²) in [6.07, 6.45) is 1.92. The smallest absolute Gasteiger partial charge is 0.138 e. The van der Waals surface area contributed by atoms with E-state index in [1.807, 2.05) is 22.7 Å². The molecule has 0 aliphatic carbocycles. The van der Waals surface area contributed by atoms with Gasteiger partial charge in [0.2, 0.25) is 0 Å². The summed E-state index contributed by atoms with van der Waals surface area (Å²) in [6, 6.07) is 3.71. The van der Waals surface area contributed by atoms with Crippen LogP contribution < -0.4 is 5.73 Å². The van der Waals surface area contributed by atoms with E-state index in [0.29, 0.717) is 11.6 Å². The van der Waals surface area contributed by atoms with Crippen molar-refractivity contribution < 1.29 is 0 Å². The Kier molecular flexibility index (Phi) is 2.68. The van der Waals surface area contributed by atoms with E-state index < -0.39 is 0 Å². The molecule has 2 rings (SSSR count). The summed E-state index contributed by atoms with van der Waals surface area (Å²) in [5, 5.41) is 0.696. The molecular formula is C12H16ClN3. The van der Waals surface area contributed by atoms with Crippen molar-refractivity contribution >= 4 is 17.2 Å². The first-order valence-electron chi connectivity index (χ1n) is 5.30. The van der Waals surface area contributed by atoms with Gasteiger partial charge in [-0.15, -0.1) is 0 Å². The summed E-state index contributed by atoms with van der Waals surface area (Å²) in [5.74, 6) is 0. The van der Waals surface area contributed by atoms with E-state index in [2.05, 4.69) is 25.8 Å². The molecule has 0 atom stereocenters. The number of fused-ring (bicyclic) bond motifs is 1. The van der Waals surface area contributed by atoms with E-state index >= 15 is 0 Å². The molecule has 0 radical (unpaired) electrons. The van der Waals surface area contributed by atoms with Crippen molar-refractivity contribution in [1.82, 2.24) is 9.38 Å². The SMILES string of the molecule is CC(C)(C)c1nc2cc(Cl)ccn2c1CN. The minimum Gasteiger partial charge on any atom is -0.325 e. The highest BCUT2D eigenvalue weighted by atomic mass is 35.5. The number of aromatic nitrogens is 2. The number of imidazole rings is 1. The van der Waals surface area contributed by atoms with Crippen molar-refractivity contribution in [3.8, 4) is 0 Å². The van der Waals surface area contributed by atoms with E-state index in [1.54, 1.807) is 0 Å². The lowest BCUT2D eigenvalue weighted by atomic mass is 9.91. The molecule has 2 N–H and O–H groups in total. The zero-order valence-corrected chi connectivity index (χ0v) is 10.5. The molecule has 0 saturated heterocycles. The van der Waals surface area contributed by atoms with E-state index in [0.717, 1.165) is 17.0 Å². The lowest BCUT2D eigenvalue weighted by molar-refractivity contribution is 0.564. The molecule has 2 aromatic rings. The second-order valence-electron chi connectivity index (χ2n) is 4.93. The molecule has 3 nitrogen and oxygen atoms in total. The Morgan fingerprint density at radius 3 is 2.69 bits per heavy atom. The Hall–Kier alpha value is -1.06. The van der Waals surface area contributed by atoms with E-state index in [-0.39, 0.29) is 5.41 Å². The standard InChI is InChI=1S/C12H16ClN3/c1-12(2,3)11-9(7-14)16-5-4-8(13)6-10(16)15-11/h4-6H,7,14H2,1-3H3. The number of nitrogens with two attached hydrogens (primary N) is 1. The van der Waals surface area contributed by atoms with Gasteiger partial charge in [0.15, 0.2) is 0 Å². The normalized spacial score (nSPS) is 12.3. The predicted octanol–water partition coefficient (Wildman–Crippen LogP) is 2.74. The molecule has 4 heteroatoms. The molecule has 0 aromatic carbocycles. The minimum absolute atomic E-state index is 0.00675. The maximum Gasteiger partial charge on any atom is 0.138 e. The maximum absolute atomic E-state index is 5.95. The molecule has 0 aliphatic heterocycles. The highest BCUT2D eigenvalue weighted by molar-refractivity contribution is 6.30. The molecule has 0 aliphatic rings. The zero-order chi connectivity index (χ0) is 11.9. The average molecular weight is 238 g/mol. The molecule has 86 valence electrons. The summed E-state index contributed by atoms with van der Waals surface area (Å²) in [4.78, 5) is 4.61. The van der Waals surface area contributed by atoms with Gasteiger partial charge in [-0.25, -0.2) is 4.98 Å². The van der Waals surface area contributed by atoms with Crippen LogP contribution in [0.5, 0.6) is 0 Å². The van der Waals surface area contributed by atoms with Crippen LogP contribution >= 0.6 is 11.6 Å². The van der Waals surface area contributed by atoms with Crippen molar-refractivity contribution in [3.05, 3.63) is 34.7 Å². The monoisotopic (exact) mass is 237 g/mol. The van der Waals surface area contributed by atoms with Gasteiger partial charge >= 0.3 is 0 Å². The summed E-state index contributed by atoms with van der Waals surface area (Å²) >= 11 is 5.95. The lowest BCUT2D eigenvalue weighted by Crippen LogP contribution is -2.16. The van der Waals surface area contributed by atoms with Crippen molar-refractivity contribution in [2.75, 3.05) is 0 Å². The number of hydrogen-bond acceptors (Lipinski definition) is 2. The van der Waals surface area contributed by atoms with Gasteiger partial charge in [-0.05, 0) is 6.07 Å². The summed E-state index contributed by atoms with van der Waals surface area (Å²) in [7, 11) is 0. The molecular weight excluding hydrogens is 222 g/mol. The number of hydrogen-bond donors (Lipinski definition) is 1. The summed E-state index contributed by atoms with van der Waals surface area (Å²) < 4.78 is 2.01. The highest BCUT2D eigenvalue weighted by Crippen LogP contribution is 2.26. The van der Waals surface area contributed by atoms with E-state index in [9.17, 15) is 0 Å². The second kappa shape index (κ2) is 3.75. The molecule has 0 fully saturated rings. The Bertz CT molecular complexity index is 523. The first kappa shape index (κ1) is 11.4. The van der Waals surface area contributed by atoms with Crippen LogP contribution in [0.3, 0.4) is 0 Å². The summed E-state index contributed by atoms with van der Waals surface area (Å²) in [6.45, 7) is 6.88. The predicted molar refractivity (Wildman–Crippen MR) is 66.8 cm³/mol. The van der Waals surface area contributed by atoms with Crippen molar-refractivity contribution in [2.45, 2.75) is 32.7 Å². The molecule has 0 bridgehead atoms. The largest absolute Gasteiger partial charge is 0.325 e. The fraction of sp³-hybridized carbons (Fsp3) is 0.417. The molecule has 0 unspecified atom stereocenters. The molecule has 0 saturated carbocycles. The van der Waals surface area contributed by atoms with Gasteiger partial charge in [0.25, 0.3) is 0 Å². The third-order valence-electron chi connectivity index (χ3n) is 2.59. The molecule has 2 aromatic heterocycles. The van der Waals surface area contributed by atoms with Crippen molar-refractivity contribution in [3.63, 3.8) is 0 Å². The lowest BCUT2D eigenvalue weighted by Gasteiger charge is -2.17. The van der Waals surface area contributed by atoms with Crippen LogP contribution in [0.15, 0.2) is 18.3 Å². The summed E-state index contributed by atoms with van der Waals surface area (Å²) in [5.41, 5.74) is 8.75. The first-order chi connectivity index (χ1) is 7.43. The van der Waals surface area contributed by atoms with Gasteiger partial charge < -0.3 is 10.1 Å². The Morgan fingerprint density at radius 2 is 2.12 bits per heavy atom. The fourth-order valence-corrected chi connectivity index (χ4v) is 2.02. The number of halogens is 1. The number of rotatable bonds is 1. The first-order valence-corrected chi connectivity index (χ1v) is 5.68. The van der Waals surface area contributed by atoms with Crippen LogP contribution in [0.1, 0.15) is 32.2 Å². The zero-order valence-electron chi connectivity index (χ0n) is 9.79. The van der Waals surface area contributed by atoms with Crippen LogP contribution in [0.4, 0.5) is 0 Å².